The summed E-state index contributed by atoms with van der Waals surface area (Å²) in [6, 6.07) is 9.69. The van der Waals surface area contributed by atoms with Gasteiger partial charge in [0.2, 0.25) is 0 Å². The minimum Gasteiger partial charge on any atom is -0.507 e. The highest BCUT2D eigenvalue weighted by molar-refractivity contribution is 6.46. The Morgan fingerprint density at radius 3 is 2.59 bits per heavy atom. The molecule has 0 spiro atoms. The Bertz CT molecular complexity index is 1080. The Kier molecular flexibility index (Phi) is 6.14. The van der Waals surface area contributed by atoms with Gasteiger partial charge in [-0.15, -0.1) is 0 Å². The van der Waals surface area contributed by atoms with Crippen LogP contribution in [-0.2, 0) is 9.59 Å². The summed E-state index contributed by atoms with van der Waals surface area (Å²) in [7, 11) is 3.83. The molecule has 2 heterocycles. The van der Waals surface area contributed by atoms with Crippen LogP contribution in [0.5, 0.6) is 11.5 Å². The van der Waals surface area contributed by atoms with Crippen molar-refractivity contribution in [2.24, 2.45) is 0 Å². The first-order valence-electron chi connectivity index (χ1n) is 10.5. The number of nitrogens with zero attached hydrogens (tertiary/aromatic N) is 2. The number of aliphatic hydroxyl groups excluding tert-OH is 1. The van der Waals surface area contributed by atoms with Gasteiger partial charge in [-0.1, -0.05) is 12.1 Å². The zero-order valence-corrected chi connectivity index (χ0v) is 18.0. The summed E-state index contributed by atoms with van der Waals surface area (Å²) in [6.45, 7) is 1.80. The fourth-order valence-corrected chi connectivity index (χ4v) is 4.04. The van der Waals surface area contributed by atoms with E-state index >= 15 is 0 Å². The smallest absolute Gasteiger partial charge is 0.295 e. The van der Waals surface area contributed by atoms with Gasteiger partial charge >= 0.3 is 0 Å². The van der Waals surface area contributed by atoms with Gasteiger partial charge in [0.05, 0.1) is 11.6 Å². The summed E-state index contributed by atoms with van der Waals surface area (Å²) in [4.78, 5) is 29.3. The van der Waals surface area contributed by atoms with Gasteiger partial charge in [0.25, 0.3) is 11.7 Å². The number of ketones is 1. The number of ether oxygens (including phenoxy) is 2. The van der Waals surface area contributed by atoms with Crippen LogP contribution in [0.3, 0.4) is 0 Å². The number of amides is 1. The minimum atomic E-state index is -0.888. The second-order valence-corrected chi connectivity index (χ2v) is 8.06. The molecule has 0 radical (unpaired) electrons. The van der Waals surface area contributed by atoms with E-state index in [1.54, 1.807) is 24.3 Å². The lowest BCUT2D eigenvalue weighted by Gasteiger charge is -2.26. The highest BCUT2D eigenvalue weighted by atomic mass is 19.1. The summed E-state index contributed by atoms with van der Waals surface area (Å²) in [6.07, 6.45) is 0.621. The van der Waals surface area contributed by atoms with E-state index < -0.39 is 23.5 Å². The second-order valence-electron chi connectivity index (χ2n) is 8.06. The molecule has 4 rings (SSSR count). The summed E-state index contributed by atoms with van der Waals surface area (Å²) in [5.41, 5.74) is 0.678. The largest absolute Gasteiger partial charge is 0.507 e. The molecule has 0 aromatic heterocycles. The first-order valence-corrected chi connectivity index (χ1v) is 10.5. The van der Waals surface area contributed by atoms with Crippen LogP contribution in [0, 0.1) is 5.82 Å². The highest BCUT2D eigenvalue weighted by Gasteiger charge is 2.46. The normalized spacial score (nSPS) is 19.6. The van der Waals surface area contributed by atoms with Crippen LogP contribution in [0.1, 0.15) is 23.6 Å². The minimum absolute atomic E-state index is 0.0675. The number of hydrogen-bond acceptors (Lipinski definition) is 6. The molecule has 8 heteroatoms. The molecule has 1 N–H and O–H groups in total. The van der Waals surface area contributed by atoms with E-state index in [0.717, 1.165) is 0 Å². The van der Waals surface area contributed by atoms with E-state index in [-0.39, 0.29) is 11.3 Å². The monoisotopic (exact) mass is 440 g/mol. The summed E-state index contributed by atoms with van der Waals surface area (Å²) >= 11 is 0. The zero-order chi connectivity index (χ0) is 22.8. The number of likely N-dealkylation sites (tertiary alicyclic amines) is 1. The van der Waals surface area contributed by atoms with Gasteiger partial charge in [0, 0.05) is 12.1 Å². The van der Waals surface area contributed by atoms with Crippen molar-refractivity contribution in [3.05, 3.63) is 65.0 Å². The van der Waals surface area contributed by atoms with Crippen molar-refractivity contribution in [2.75, 3.05) is 40.4 Å². The van der Waals surface area contributed by atoms with E-state index in [0.29, 0.717) is 55.4 Å². The third-order valence-electron chi connectivity index (χ3n) is 5.52. The van der Waals surface area contributed by atoms with Gasteiger partial charge in [-0.2, -0.15) is 0 Å². The van der Waals surface area contributed by atoms with Crippen molar-refractivity contribution in [3.63, 3.8) is 0 Å². The number of halogens is 1. The quantitative estimate of drug-likeness (QED) is 0.423. The topological polar surface area (TPSA) is 79.3 Å². The van der Waals surface area contributed by atoms with Crippen molar-refractivity contribution in [1.82, 2.24) is 9.80 Å². The molecule has 0 bridgehead atoms. The lowest BCUT2D eigenvalue weighted by atomic mass is 9.95. The molecule has 0 saturated carbocycles. The number of hydrogen-bond donors (Lipinski definition) is 1. The summed E-state index contributed by atoms with van der Waals surface area (Å²) in [5.74, 6) is -1.33. The molecule has 2 aliphatic rings. The third kappa shape index (κ3) is 4.18. The highest BCUT2D eigenvalue weighted by Crippen LogP contribution is 2.41. The summed E-state index contributed by atoms with van der Waals surface area (Å²) in [5, 5.41) is 11.1. The molecule has 1 fully saturated rings. The van der Waals surface area contributed by atoms with Crippen LogP contribution in [-0.4, -0.2) is 67.0 Å². The number of benzene rings is 2. The maximum absolute atomic E-state index is 14.0. The maximum Gasteiger partial charge on any atom is 0.295 e. The number of carbonyl (C=O) groups excluding carboxylic acids is 2. The molecule has 0 unspecified atom stereocenters. The zero-order valence-electron chi connectivity index (χ0n) is 18.0. The predicted molar refractivity (Wildman–Crippen MR) is 116 cm³/mol. The fourth-order valence-electron chi connectivity index (χ4n) is 4.04. The fraction of sp³-hybridized carbons (Fsp3) is 0.333. The number of carbonyl (C=O) groups is 2. The molecule has 1 saturated heterocycles. The van der Waals surface area contributed by atoms with E-state index in [9.17, 15) is 19.1 Å². The van der Waals surface area contributed by atoms with Crippen LogP contribution in [0.4, 0.5) is 4.39 Å². The second kappa shape index (κ2) is 9.00. The molecule has 1 amide bonds. The Morgan fingerprint density at radius 2 is 1.88 bits per heavy atom. The van der Waals surface area contributed by atoms with Crippen molar-refractivity contribution < 1.29 is 28.6 Å². The average molecular weight is 440 g/mol. The molecule has 2 aliphatic heterocycles. The van der Waals surface area contributed by atoms with Crippen molar-refractivity contribution in [3.8, 4) is 11.5 Å². The molecule has 0 aliphatic carbocycles. The van der Waals surface area contributed by atoms with Crippen LogP contribution in [0.25, 0.3) is 5.76 Å². The molecule has 168 valence electrons. The van der Waals surface area contributed by atoms with E-state index in [2.05, 4.69) is 0 Å². The Labute approximate surface area is 185 Å². The van der Waals surface area contributed by atoms with Gasteiger partial charge in [-0.25, -0.2) is 4.39 Å². The van der Waals surface area contributed by atoms with Crippen molar-refractivity contribution >= 4 is 17.4 Å². The maximum atomic E-state index is 14.0. The molecular formula is C24H25FN2O5. The summed E-state index contributed by atoms with van der Waals surface area (Å²) < 4.78 is 25.1. The average Bonchev–Trinajstić information content (AvgIpc) is 3.03. The molecule has 32 heavy (non-hydrogen) atoms. The van der Waals surface area contributed by atoms with Crippen LogP contribution in [0.15, 0.2) is 48.0 Å². The Hall–Kier alpha value is -3.39. The van der Waals surface area contributed by atoms with Crippen LogP contribution < -0.4 is 9.47 Å². The Balaban J connectivity index is 1.79. The van der Waals surface area contributed by atoms with Gasteiger partial charge in [-0.3, -0.25) is 9.59 Å². The standard InChI is InChI=1S/C24H25FN2O5/c1-26(2)9-4-10-27-21(15-5-3-6-17(25)13-15)20(23(29)24(27)30)22(28)16-7-8-18-19(14-16)32-12-11-31-18/h3,5-8,13-14,21,28H,4,9-12H2,1-2H3/t21-/m0/s1. The van der Waals surface area contributed by atoms with Gasteiger partial charge in [-0.05, 0) is 63.0 Å². The van der Waals surface area contributed by atoms with E-state index in [1.807, 2.05) is 19.0 Å². The lowest BCUT2D eigenvalue weighted by molar-refractivity contribution is -0.139. The van der Waals surface area contributed by atoms with Gasteiger partial charge < -0.3 is 24.4 Å². The molecule has 2 aromatic carbocycles. The first kappa shape index (κ1) is 21.8. The molecule has 2 aromatic rings. The number of aliphatic hydroxyl groups is 1. The third-order valence-corrected chi connectivity index (χ3v) is 5.52. The molecule has 1 atom stereocenters. The van der Waals surface area contributed by atoms with Crippen molar-refractivity contribution in [2.45, 2.75) is 12.5 Å². The number of fused-ring (bicyclic) bond motifs is 1. The van der Waals surface area contributed by atoms with Gasteiger partial charge in [0.15, 0.2) is 11.5 Å². The first-order chi connectivity index (χ1) is 15.4. The van der Waals surface area contributed by atoms with Crippen LogP contribution >= 0.6 is 0 Å². The predicted octanol–water partition coefficient (Wildman–Crippen LogP) is 2.97. The van der Waals surface area contributed by atoms with Crippen molar-refractivity contribution in [1.29, 1.82) is 0 Å². The number of rotatable bonds is 6. The SMILES string of the molecule is CN(C)CCCN1C(=O)C(=O)C(=C(O)c2ccc3c(c2)OCCO3)[C@@H]1c1cccc(F)c1. The Morgan fingerprint density at radius 1 is 1.12 bits per heavy atom. The van der Waals surface area contributed by atoms with Gasteiger partial charge in [0.1, 0.15) is 24.8 Å². The molecular weight excluding hydrogens is 415 g/mol. The van der Waals surface area contributed by atoms with E-state index in [1.165, 1.54) is 23.1 Å². The van der Waals surface area contributed by atoms with E-state index in [4.69, 9.17) is 9.47 Å². The van der Waals surface area contributed by atoms with Crippen LogP contribution in [0.2, 0.25) is 0 Å². The number of Topliss-reactive ketones (excluding diaryl/α,β-unsaturated/α-hetero) is 1. The molecule has 7 nitrogen and oxygen atoms in total. The lowest BCUT2D eigenvalue weighted by Crippen LogP contribution is -2.32.